The van der Waals surface area contributed by atoms with Crippen LogP contribution in [-0.4, -0.2) is 18.4 Å². The molecule has 2 atom stereocenters. The van der Waals surface area contributed by atoms with Gasteiger partial charge in [0.25, 0.3) is 0 Å². The molecule has 1 aliphatic carbocycles. The van der Waals surface area contributed by atoms with E-state index in [2.05, 4.69) is 0 Å². The second-order valence-corrected chi connectivity index (χ2v) is 6.47. The number of allylic oxidation sites excluding steroid dienone is 3. The highest BCUT2D eigenvalue weighted by Gasteiger charge is 2.42. The van der Waals surface area contributed by atoms with E-state index in [1.165, 1.54) is 0 Å². The lowest BCUT2D eigenvalue weighted by Gasteiger charge is -2.29. The molecule has 0 saturated carbocycles. The van der Waals surface area contributed by atoms with Gasteiger partial charge in [-0.25, -0.2) is 8.42 Å². The van der Waals surface area contributed by atoms with Gasteiger partial charge in [-0.05, 0) is 6.08 Å². The molecule has 0 aliphatic heterocycles. The Balaban J connectivity index is 3.15. The molecule has 0 amide bonds. The summed E-state index contributed by atoms with van der Waals surface area (Å²) in [5.74, 6) is -0.108. The fraction of sp³-hybridized carbons (Fsp3) is 0.556. The smallest absolute Gasteiger partial charge is 0.173 e. The quantitative estimate of drug-likeness (QED) is 0.668. The molecule has 1 aliphatic rings. The molecule has 0 aromatic carbocycles. The number of hydrogen-bond acceptors (Lipinski definition) is 2. The van der Waals surface area contributed by atoms with Crippen LogP contribution in [0.3, 0.4) is 0 Å². The van der Waals surface area contributed by atoms with Gasteiger partial charge in [0, 0.05) is 11.7 Å². The molecule has 0 aromatic rings. The predicted molar refractivity (Wildman–Crippen MR) is 55.5 cm³/mol. The highest BCUT2D eigenvalue weighted by atomic mass is 35.5. The lowest BCUT2D eigenvalue weighted by Crippen LogP contribution is -2.38. The van der Waals surface area contributed by atoms with E-state index < -0.39 is 14.0 Å². The van der Waals surface area contributed by atoms with Crippen LogP contribution in [0, 0.1) is 5.92 Å². The number of halogens is 1. The minimum Gasteiger partial charge on any atom is -0.227 e. The fourth-order valence-corrected chi connectivity index (χ4v) is 3.15. The maximum Gasteiger partial charge on any atom is 0.173 e. The molecule has 0 heterocycles. The van der Waals surface area contributed by atoms with Gasteiger partial charge in [-0.15, -0.1) is 0 Å². The zero-order valence-electron chi connectivity index (χ0n) is 7.70. The molecule has 0 N–H and O–H groups in total. The van der Waals surface area contributed by atoms with E-state index in [9.17, 15) is 8.42 Å². The van der Waals surface area contributed by atoms with Crippen molar-refractivity contribution in [3.8, 4) is 0 Å². The van der Waals surface area contributed by atoms with E-state index in [-0.39, 0.29) is 11.7 Å². The average Bonchev–Trinajstić information content (AvgIpc) is 2.10. The molecule has 74 valence electrons. The Labute approximate surface area is 84.2 Å². The van der Waals surface area contributed by atoms with Crippen LogP contribution in [0.25, 0.3) is 0 Å². The van der Waals surface area contributed by atoms with Crippen molar-refractivity contribution >= 4 is 21.4 Å². The van der Waals surface area contributed by atoms with Gasteiger partial charge < -0.3 is 0 Å². The number of rotatable bonds is 2. The lowest BCUT2D eigenvalue weighted by atomic mass is 10.0. The molecule has 4 heteroatoms. The van der Waals surface area contributed by atoms with E-state index in [0.717, 1.165) is 0 Å². The molecular weight excluding hydrogens is 208 g/mol. The van der Waals surface area contributed by atoms with E-state index in [1.807, 2.05) is 6.08 Å². The number of hydrogen-bond donors (Lipinski definition) is 0. The van der Waals surface area contributed by atoms with Crippen molar-refractivity contribution in [2.24, 2.45) is 5.92 Å². The maximum absolute atomic E-state index is 11.7. The summed E-state index contributed by atoms with van der Waals surface area (Å²) in [4.78, 5) is 0. The molecule has 0 spiro atoms. The van der Waals surface area contributed by atoms with Crippen LogP contribution in [0.2, 0.25) is 0 Å². The van der Waals surface area contributed by atoms with Gasteiger partial charge in [0.15, 0.2) is 14.0 Å². The van der Waals surface area contributed by atoms with Gasteiger partial charge in [0.1, 0.15) is 0 Å². The Kier molecular flexibility index (Phi) is 2.88. The van der Waals surface area contributed by atoms with Crippen molar-refractivity contribution in [1.82, 2.24) is 0 Å². The van der Waals surface area contributed by atoms with Crippen LogP contribution in [-0.2, 0) is 9.84 Å². The zero-order chi connectivity index (χ0) is 10.1. The maximum atomic E-state index is 11.7. The summed E-state index contributed by atoms with van der Waals surface area (Å²) in [5.41, 5.74) is 0. The van der Waals surface area contributed by atoms with Crippen molar-refractivity contribution in [3.05, 3.63) is 24.3 Å². The monoisotopic (exact) mass is 220 g/mol. The largest absolute Gasteiger partial charge is 0.227 e. The second-order valence-electron chi connectivity index (χ2n) is 3.13. The third kappa shape index (κ3) is 1.67. The van der Waals surface area contributed by atoms with Crippen LogP contribution in [0.1, 0.15) is 13.8 Å². The van der Waals surface area contributed by atoms with Crippen LogP contribution in [0.5, 0.6) is 0 Å². The molecule has 1 rings (SSSR count). The summed E-state index contributed by atoms with van der Waals surface area (Å²) in [7, 11) is -3.24. The first-order chi connectivity index (χ1) is 5.94. The van der Waals surface area contributed by atoms with Gasteiger partial charge in [-0.1, -0.05) is 43.7 Å². The van der Waals surface area contributed by atoms with Crippen LogP contribution < -0.4 is 0 Å². The zero-order valence-corrected chi connectivity index (χ0v) is 9.27. The summed E-state index contributed by atoms with van der Waals surface area (Å²) in [6, 6.07) is 0. The van der Waals surface area contributed by atoms with Gasteiger partial charge in [-0.2, -0.15) is 0 Å². The van der Waals surface area contributed by atoms with Gasteiger partial charge in [0.05, 0.1) is 0 Å². The third-order valence-corrected chi connectivity index (χ3v) is 5.71. The van der Waals surface area contributed by atoms with Gasteiger partial charge in [-0.3, -0.25) is 0 Å². The predicted octanol–water partition coefficient (Wildman–Crippen LogP) is 2.12. The molecule has 2 nitrogen and oxygen atoms in total. The number of alkyl halides is 1. The van der Waals surface area contributed by atoms with Gasteiger partial charge >= 0.3 is 0 Å². The summed E-state index contributed by atoms with van der Waals surface area (Å²) in [6.07, 6.45) is 6.86. The first kappa shape index (κ1) is 10.8. The van der Waals surface area contributed by atoms with E-state index in [0.29, 0.717) is 0 Å². The van der Waals surface area contributed by atoms with E-state index in [4.69, 9.17) is 11.6 Å². The van der Waals surface area contributed by atoms with Crippen LogP contribution in [0.4, 0.5) is 0 Å². The molecular formula is C9H13ClO2S. The summed E-state index contributed by atoms with van der Waals surface area (Å²) in [5, 5.41) is 0. The highest BCUT2D eigenvalue weighted by molar-refractivity contribution is 7.94. The highest BCUT2D eigenvalue weighted by Crippen LogP contribution is 2.36. The summed E-state index contributed by atoms with van der Waals surface area (Å²) >= 11 is 6.09. The minimum absolute atomic E-state index is 0.0685. The Hall–Kier alpha value is -0.280. The first-order valence-electron chi connectivity index (χ1n) is 4.21. The Morgan fingerprint density at radius 2 is 2.08 bits per heavy atom. The van der Waals surface area contributed by atoms with Crippen molar-refractivity contribution in [3.63, 3.8) is 0 Å². The third-order valence-electron chi connectivity index (χ3n) is 2.31. The topological polar surface area (TPSA) is 34.1 Å². The summed E-state index contributed by atoms with van der Waals surface area (Å²) < 4.78 is 22.1. The summed E-state index contributed by atoms with van der Waals surface area (Å²) in [6.45, 7) is 3.42. The normalized spacial score (nSPS) is 33.6. The van der Waals surface area contributed by atoms with Gasteiger partial charge in [0.2, 0.25) is 0 Å². The SMILES string of the molecule is CCS(=O)(=O)C1(Cl)C=CC=CC1C. The molecule has 0 fully saturated rings. The van der Waals surface area contributed by atoms with E-state index in [1.54, 1.807) is 32.1 Å². The average molecular weight is 221 g/mol. The van der Waals surface area contributed by atoms with Crippen LogP contribution >= 0.6 is 11.6 Å². The van der Waals surface area contributed by atoms with Crippen molar-refractivity contribution in [2.45, 2.75) is 18.1 Å². The van der Waals surface area contributed by atoms with Crippen molar-refractivity contribution < 1.29 is 8.42 Å². The Morgan fingerprint density at radius 1 is 1.46 bits per heavy atom. The molecule has 0 aromatic heterocycles. The second kappa shape index (κ2) is 3.46. The lowest BCUT2D eigenvalue weighted by molar-refractivity contribution is 0.559. The molecule has 2 unspecified atom stereocenters. The molecule has 0 bridgehead atoms. The molecule has 13 heavy (non-hydrogen) atoms. The van der Waals surface area contributed by atoms with Crippen LogP contribution in [0.15, 0.2) is 24.3 Å². The van der Waals surface area contributed by atoms with E-state index >= 15 is 0 Å². The van der Waals surface area contributed by atoms with Crippen molar-refractivity contribution in [1.29, 1.82) is 0 Å². The molecule has 0 saturated heterocycles. The first-order valence-corrected chi connectivity index (χ1v) is 6.24. The fourth-order valence-electron chi connectivity index (χ4n) is 1.31. The Morgan fingerprint density at radius 3 is 2.54 bits per heavy atom. The standard InChI is InChI=1S/C9H13ClO2S/c1-3-13(11,12)9(10)7-5-4-6-8(9)2/h4-8H,3H2,1-2H3. The number of sulfone groups is 1. The van der Waals surface area contributed by atoms with Crippen molar-refractivity contribution in [2.75, 3.05) is 5.75 Å². The Bertz CT molecular complexity index is 343. The molecule has 0 radical (unpaired) electrons. The minimum atomic E-state index is -3.24.